The molecule has 1 aromatic rings. The predicted octanol–water partition coefficient (Wildman–Crippen LogP) is 4.50. The Morgan fingerprint density at radius 2 is 2.12 bits per heavy atom. The minimum atomic E-state index is 0.224. The van der Waals surface area contributed by atoms with Crippen molar-refractivity contribution >= 4 is 33.3 Å². The molecule has 1 heterocycles. The summed E-state index contributed by atoms with van der Waals surface area (Å²) in [7, 11) is 0. The van der Waals surface area contributed by atoms with Crippen molar-refractivity contribution in [2.24, 2.45) is 0 Å². The number of hydrogen-bond donors (Lipinski definition) is 1. The fraction of sp³-hybridized carbons (Fsp3) is 0.615. The van der Waals surface area contributed by atoms with E-state index in [9.17, 15) is 0 Å². The second kappa shape index (κ2) is 6.05. The summed E-state index contributed by atoms with van der Waals surface area (Å²) in [5.74, 6) is 0.964. The van der Waals surface area contributed by atoms with Crippen LogP contribution in [0.3, 0.4) is 0 Å². The lowest BCUT2D eigenvalue weighted by molar-refractivity contribution is 0.624. The Kier molecular flexibility index (Phi) is 4.69. The maximum absolute atomic E-state index is 6.42. The van der Waals surface area contributed by atoms with Crippen LogP contribution in [0, 0.1) is 6.92 Å². The zero-order valence-corrected chi connectivity index (χ0v) is 12.4. The van der Waals surface area contributed by atoms with E-state index in [2.05, 4.69) is 39.2 Å². The highest BCUT2D eigenvalue weighted by molar-refractivity contribution is 9.10. The zero-order valence-electron chi connectivity index (χ0n) is 10.0. The molecule has 0 amide bonds. The highest BCUT2D eigenvalue weighted by atomic mass is 79.9. The number of halogens is 2. The molecule has 2 unspecified atom stereocenters. The van der Waals surface area contributed by atoms with Gasteiger partial charge in [-0.15, -0.1) is 11.6 Å². The third-order valence-corrected chi connectivity index (χ3v) is 4.25. The number of aromatic nitrogens is 1. The Hall–Kier alpha value is -0.280. The summed E-state index contributed by atoms with van der Waals surface area (Å²) >= 11 is 9.85. The van der Waals surface area contributed by atoms with Crippen molar-refractivity contribution in [3.8, 4) is 0 Å². The van der Waals surface area contributed by atoms with Crippen molar-refractivity contribution in [1.82, 2.24) is 4.98 Å². The average molecular weight is 318 g/mol. The molecule has 0 spiro atoms. The van der Waals surface area contributed by atoms with Gasteiger partial charge in [0.05, 0.1) is 5.38 Å². The van der Waals surface area contributed by atoms with Gasteiger partial charge in [0.2, 0.25) is 0 Å². The summed E-state index contributed by atoms with van der Waals surface area (Å²) in [5.41, 5.74) is 1.16. The van der Waals surface area contributed by atoms with E-state index >= 15 is 0 Å². The normalized spacial score (nSPS) is 25.4. The molecule has 1 fully saturated rings. The van der Waals surface area contributed by atoms with Crippen LogP contribution >= 0.6 is 27.5 Å². The Labute approximate surface area is 116 Å². The van der Waals surface area contributed by atoms with E-state index in [1.165, 1.54) is 19.3 Å². The van der Waals surface area contributed by atoms with E-state index < -0.39 is 0 Å². The summed E-state index contributed by atoms with van der Waals surface area (Å²) in [6.07, 6.45) is 7.89. The predicted molar refractivity (Wildman–Crippen MR) is 76.8 cm³/mol. The van der Waals surface area contributed by atoms with E-state index in [4.69, 9.17) is 11.6 Å². The summed E-state index contributed by atoms with van der Waals surface area (Å²) in [6, 6.07) is 2.43. The van der Waals surface area contributed by atoms with Crippen LogP contribution in [-0.2, 0) is 0 Å². The van der Waals surface area contributed by atoms with Gasteiger partial charge in [-0.2, -0.15) is 0 Å². The van der Waals surface area contributed by atoms with Gasteiger partial charge in [-0.25, -0.2) is 4.98 Å². The lowest BCUT2D eigenvalue weighted by Crippen LogP contribution is -2.29. The van der Waals surface area contributed by atoms with E-state index in [1.807, 2.05) is 6.20 Å². The largest absolute Gasteiger partial charge is 0.366 e. The molecular formula is C13H18BrClN2. The Balaban J connectivity index is 2.08. The smallest absolute Gasteiger partial charge is 0.129 e. The fourth-order valence-corrected chi connectivity index (χ4v) is 3.08. The molecule has 2 atom stereocenters. The molecule has 0 saturated heterocycles. The molecule has 1 aromatic heterocycles. The van der Waals surface area contributed by atoms with Crippen LogP contribution in [0.5, 0.6) is 0 Å². The second-order valence-corrected chi connectivity index (χ2v) is 6.20. The third-order valence-electron chi connectivity index (χ3n) is 3.30. The molecule has 1 saturated carbocycles. The number of alkyl halides is 1. The highest BCUT2D eigenvalue weighted by Crippen LogP contribution is 2.26. The first kappa shape index (κ1) is 13.2. The molecule has 0 radical (unpaired) electrons. The van der Waals surface area contributed by atoms with Crippen molar-refractivity contribution in [2.45, 2.75) is 50.4 Å². The average Bonchev–Trinajstić information content (AvgIpc) is 2.48. The molecular weight excluding hydrogens is 300 g/mol. The SMILES string of the molecule is Cc1cc(Br)cnc1NC1CCCCCC1Cl. The molecule has 17 heavy (non-hydrogen) atoms. The van der Waals surface area contributed by atoms with Gasteiger partial charge in [0.1, 0.15) is 5.82 Å². The quantitative estimate of drug-likeness (QED) is 0.641. The molecule has 2 nitrogen and oxygen atoms in total. The van der Waals surface area contributed by atoms with Crippen molar-refractivity contribution in [3.63, 3.8) is 0 Å². The van der Waals surface area contributed by atoms with Gasteiger partial charge < -0.3 is 5.32 Å². The molecule has 94 valence electrons. The van der Waals surface area contributed by atoms with Crippen LogP contribution in [0.2, 0.25) is 0 Å². The number of aryl methyl sites for hydroxylation is 1. The van der Waals surface area contributed by atoms with Gasteiger partial charge >= 0.3 is 0 Å². The molecule has 4 heteroatoms. The summed E-state index contributed by atoms with van der Waals surface area (Å²) in [5, 5.41) is 3.73. The van der Waals surface area contributed by atoms with Gasteiger partial charge in [0, 0.05) is 16.7 Å². The van der Waals surface area contributed by atoms with Crippen LogP contribution < -0.4 is 5.32 Å². The number of pyridine rings is 1. The molecule has 0 aliphatic heterocycles. The summed E-state index contributed by atoms with van der Waals surface area (Å²) in [6.45, 7) is 2.07. The van der Waals surface area contributed by atoms with Gasteiger partial charge in [-0.1, -0.05) is 19.3 Å². The molecule has 1 aliphatic carbocycles. The maximum atomic E-state index is 6.42. The van der Waals surface area contributed by atoms with Gasteiger partial charge in [0.25, 0.3) is 0 Å². The minimum absolute atomic E-state index is 0.224. The molecule has 0 aromatic carbocycles. The van der Waals surface area contributed by atoms with Gasteiger partial charge in [-0.05, 0) is 47.3 Å². The first-order valence-electron chi connectivity index (χ1n) is 6.19. The van der Waals surface area contributed by atoms with Crippen LogP contribution in [0.15, 0.2) is 16.7 Å². The van der Waals surface area contributed by atoms with E-state index in [1.54, 1.807) is 0 Å². The molecule has 2 rings (SSSR count). The van der Waals surface area contributed by atoms with Crippen molar-refractivity contribution < 1.29 is 0 Å². The maximum Gasteiger partial charge on any atom is 0.129 e. The van der Waals surface area contributed by atoms with Gasteiger partial charge in [0.15, 0.2) is 0 Å². The lowest BCUT2D eigenvalue weighted by Gasteiger charge is -2.22. The Morgan fingerprint density at radius 1 is 1.35 bits per heavy atom. The highest BCUT2D eigenvalue weighted by Gasteiger charge is 2.22. The molecule has 1 N–H and O–H groups in total. The fourth-order valence-electron chi connectivity index (χ4n) is 2.29. The number of hydrogen-bond acceptors (Lipinski definition) is 2. The van der Waals surface area contributed by atoms with Crippen molar-refractivity contribution in [3.05, 3.63) is 22.3 Å². The van der Waals surface area contributed by atoms with Crippen LogP contribution in [0.4, 0.5) is 5.82 Å². The third kappa shape index (κ3) is 3.59. The van der Waals surface area contributed by atoms with E-state index in [0.717, 1.165) is 28.7 Å². The standard InChI is InChI=1S/C13H18BrClN2/c1-9-7-10(14)8-16-13(9)17-12-6-4-2-3-5-11(12)15/h7-8,11-12H,2-6H2,1H3,(H,16,17). The summed E-state index contributed by atoms with van der Waals surface area (Å²) in [4.78, 5) is 4.42. The van der Waals surface area contributed by atoms with E-state index in [-0.39, 0.29) is 5.38 Å². The first-order chi connectivity index (χ1) is 8.16. The monoisotopic (exact) mass is 316 g/mol. The lowest BCUT2D eigenvalue weighted by atomic mass is 10.1. The number of anilines is 1. The van der Waals surface area contributed by atoms with E-state index in [0.29, 0.717) is 6.04 Å². The zero-order chi connectivity index (χ0) is 12.3. The topological polar surface area (TPSA) is 24.9 Å². The second-order valence-electron chi connectivity index (χ2n) is 4.72. The van der Waals surface area contributed by atoms with Gasteiger partial charge in [-0.3, -0.25) is 0 Å². The number of nitrogens with zero attached hydrogens (tertiary/aromatic N) is 1. The van der Waals surface area contributed by atoms with Crippen LogP contribution in [-0.4, -0.2) is 16.4 Å². The molecule has 0 bridgehead atoms. The number of rotatable bonds is 2. The Morgan fingerprint density at radius 3 is 2.88 bits per heavy atom. The Bertz CT molecular complexity index is 384. The van der Waals surface area contributed by atoms with Crippen LogP contribution in [0.25, 0.3) is 0 Å². The van der Waals surface area contributed by atoms with Crippen molar-refractivity contribution in [1.29, 1.82) is 0 Å². The molecule has 1 aliphatic rings. The summed E-state index contributed by atoms with van der Waals surface area (Å²) < 4.78 is 1.02. The van der Waals surface area contributed by atoms with Crippen molar-refractivity contribution in [2.75, 3.05) is 5.32 Å². The van der Waals surface area contributed by atoms with Crippen LogP contribution in [0.1, 0.15) is 37.7 Å². The minimum Gasteiger partial charge on any atom is -0.366 e. The number of nitrogens with one attached hydrogen (secondary N) is 1. The first-order valence-corrected chi connectivity index (χ1v) is 7.42.